The van der Waals surface area contributed by atoms with E-state index in [0.29, 0.717) is 12.1 Å². The van der Waals surface area contributed by atoms with Crippen molar-refractivity contribution in [2.75, 3.05) is 5.32 Å². The summed E-state index contributed by atoms with van der Waals surface area (Å²) in [7, 11) is 0. The minimum Gasteiger partial charge on any atom is -0.326 e. The largest absolute Gasteiger partial charge is 0.326 e. The van der Waals surface area contributed by atoms with Crippen molar-refractivity contribution in [3.8, 4) is 0 Å². The molecule has 0 saturated heterocycles. The number of nitro groups is 1. The van der Waals surface area contributed by atoms with Gasteiger partial charge in [-0.05, 0) is 18.1 Å². The zero-order valence-electron chi connectivity index (χ0n) is 9.27. The molecule has 0 fully saturated rings. The molecule has 1 aromatic rings. The van der Waals surface area contributed by atoms with Crippen molar-refractivity contribution in [2.45, 2.75) is 20.3 Å². The number of nitrogens with one attached hydrogen (secondary N) is 1. The summed E-state index contributed by atoms with van der Waals surface area (Å²) in [5.74, 6) is 0.210. The summed E-state index contributed by atoms with van der Waals surface area (Å²) in [6.07, 6.45) is 0.441. The third kappa shape index (κ3) is 3.68. The first-order valence-corrected chi connectivity index (χ1v) is 5.03. The molecule has 5 heteroatoms. The van der Waals surface area contributed by atoms with Crippen molar-refractivity contribution >= 4 is 17.3 Å². The Labute approximate surface area is 93.6 Å². The summed E-state index contributed by atoms with van der Waals surface area (Å²) in [4.78, 5) is 21.3. The van der Waals surface area contributed by atoms with E-state index in [4.69, 9.17) is 0 Å². The number of non-ortho nitro benzene ring substituents is 1. The summed E-state index contributed by atoms with van der Waals surface area (Å²) in [6, 6.07) is 5.78. The number of carbonyl (C=O) groups excluding carboxylic acids is 1. The number of carbonyl (C=O) groups is 1. The lowest BCUT2D eigenvalue weighted by molar-refractivity contribution is -0.384. The summed E-state index contributed by atoms with van der Waals surface area (Å²) >= 11 is 0. The van der Waals surface area contributed by atoms with Gasteiger partial charge in [0.25, 0.3) is 5.69 Å². The van der Waals surface area contributed by atoms with E-state index < -0.39 is 4.92 Å². The topological polar surface area (TPSA) is 72.2 Å². The van der Waals surface area contributed by atoms with E-state index in [2.05, 4.69) is 5.32 Å². The molecule has 0 heterocycles. The van der Waals surface area contributed by atoms with E-state index >= 15 is 0 Å². The van der Waals surface area contributed by atoms with E-state index in [1.165, 1.54) is 24.3 Å². The smallest absolute Gasteiger partial charge is 0.269 e. The van der Waals surface area contributed by atoms with Gasteiger partial charge in [-0.3, -0.25) is 14.9 Å². The van der Waals surface area contributed by atoms with Crippen LogP contribution in [0.4, 0.5) is 11.4 Å². The lowest BCUT2D eigenvalue weighted by Gasteiger charge is -2.06. The number of hydrogen-bond acceptors (Lipinski definition) is 3. The van der Waals surface area contributed by atoms with Gasteiger partial charge in [0.05, 0.1) is 4.92 Å². The van der Waals surface area contributed by atoms with Crippen LogP contribution in [0.5, 0.6) is 0 Å². The Hall–Kier alpha value is -1.91. The zero-order chi connectivity index (χ0) is 12.1. The van der Waals surface area contributed by atoms with Crippen LogP contribution in [0.3, 0.4) is 0 Å². The molecule has 1 aromatic carbocycles. The fraction of sp³-hybridized carbons (Fsp3) is 0.364. The third-order valence-electron chi connectivity index (χ3n) is 1.96. The van der Waals surface area contributed by atoms with Crippen LogP contribution >= 0.6 is 0 Å². The minimum atomic E-state index is -0.473. The molecule has 1 amide bonds. The average Bonchev–Trinajstić information content (AvgIpc) is 2.16. The number of rotatable bonds is 4. The Morgan fingerprint density at radius 2 is 1.94 bits per heavy atom. The van der Waals surface area contributed by atoms with E-state index in [9.17, 15) is 14.9 Å². The normalized spacial score (nSPS) is 10.2. The lowest BCUT2D eigenvalue weighted by atomic mass is 10.1. The molecule has 5 nitrogen and oxygen atoms in total. The van der Waals surface area contributed by atoms with Crippen LogP contribution in [-0.4, -0.2) is 10.8 Å². The third-order valence-corrected chi connectivity index (χ3v) is 1.96. The highest BCUT2D eigenvalue weighted by molar-refractivity contribution is 5.90. The van der Waals surface area contributed by atoms with Crippen LogP contribution in [0.2, 0.25) is 0 Å². The van der Waals surface area contributed by atoms with Crippen LogP contribution in [0.1, 0.15) is 20.3 Å². The molecule has 16 heavy (non-hydrogen) atoms. The Balaban J connectivity index is 2.62. The summed E-state index contributed by atoms with van der Waals surface area (Å²) in [5.41, 5.74) is 0.595. The first-order valence-electron chi connectivity index (χ1n) is 5.03. The molecule has 0 radical (unpaired) electrons. The zero-order valence-corrected chi connectivity index (χ0v) is 9.27. The molecule has 0 bridgehead atoms. The number of anilines is 1. The molecule has 0 aliphatic carbocycles. The van der Waals surface area contributed by atoms with E-state index in [-0.39, 0.29) is 17.5 Å². The molecule has 0 saturated carbocycles. The number of hydrogen-bond donors (Lipinski definition) is 1. The predicted octanol–water partition coefficient (Wildman–Crippen LogP) is 2.58. The maximum Gasteiger partial charge on any atom is 0.269 e. The van der Waals surface area contributed by atoms with Gasteiger partial charge < -0.3 is 5.32 Å². The Morgan fingerprint density at radius 3 is 2.38 bits per heavy atom. The van der Waals surface area contributed by atoms with E-state index in [0.717, 1.165) is 0 Å². The van der Waals surface area contributed by atoms with Gasteiger partial charge in [0.15, 0.2) is 0 Å². The fourth-order valence-corrected chi connectivity index (χ4v) is 1.25. The van der Waals surface area contributed by atoms with Gasteiger partial charge in [-0.25, -0.2) is 0 Å². The van der Waals surface area contributed by atoms with Gasteiger partial charge >= 0.3 is 0 Å². The van der Waals surface area contributed by atoms with Gasteiger partial charge in [0.1, 0.15) is 0 Å². The van der Waals surface area contributed by atoms with Crippen molar-refractivity contribution < 1.29 is 9.72 Å². The highest BCUT2D eigenvalue weighted by Gasteiger charge is 2.07. The van der Waals surface area contributed by atoms with Crippen LogP contribution < -0.4 is 5.32 Å². The van der Waals surface area contributed by atoms with Gasteiger partial charge in [-0.1, -0.05) is 13.8 Å². The molecular weight excluding hydrogens is 208 g/mol. The van der Waals surface area contributed by atoms with Crippen molar-refractivity contribution in [2.24, 2.45) is 5.92 Å². The molecule has 0 spiro atoms. The summed E-state index contributed by atoms with van der Waals surface area (Å²) in [5, 5.41) is 13.1. The highest BCUT2D eigenvalue weighted by atomic mass is 16.6. The Kier molecular flexibility index (Phi) is 3.99. The molecule has 1 N–H and O–H groups in total. The maximum absolute atomic E-state index is 11.4. The van der Waals surface area contributed by atoms with Crippen LogP contribution in [0, 0.1) is 16.0 Å². The first-order chi connectivity index (χ1) is 7.49. The summed E-state index contributed by atoms with van der Waals surface area (Å²) in [6.45, 7) is 3.91. The molecule has 0 aromatic heterocycles. The average molecular weight is 222 g/mol. The molecule has 86 valence electrons. The molecule has 0 atom stereocenters. The SMILES string of the molecule is CC(C)CC(=O)Nc1ccc([N+](=O)[O-])cc1. The number of nitrogens with zero attached hydrogens (tertiary/aromatic N) is 1. The number of amides is 1. The molecule has 1 rings (SSSR count). The molecule has 0 aliphatic rings. The van der Waals surface area contributed by atoms with Crippen LogP contribution in [0.15, 0.2) is 24.3 Å². The van der Waals surface area contributed by atoms with Gasteiger partial charge in [-0.2, -0.15) is 0 Å². The summed E-state index contributed by atoms with van der Waals surface area (Å²) < 4.78 is 0. The molecule has 0 aliphatic heterocycles. The highest BCUT2D eigenvalue weighted by Crippen LogP contribution is 2.15. The Bertz CT molecular complexity index is 385. The minimum absolute atomic E-state index is 0.0156. The van der Waals surface area contributed by atoms with E-state index in [1.807, 2.05) is 13.8 Å². The van der Waals surface area contributed by atoms with Gasteiger partial charge in [0.2, 0.25) is 5.91 Å². The second kappa shape index (κ2) is 5.25. The maximum atomic E-state index is 11.4. The second-order valence-electron chi connectivity index (χ2n) is 3.95. The number of benzene rings is 1. The standard InChI is InChI=1S/C11H14N2O3/c1-8(2)7-11(14)12-9-3-5-10(6-4-9)13(15)16/h3-6,8H,7H2,1-2H3,(H,12,14). The Morgan fingerprint density at radius 1 is 1.38 bits per heavy atom. The van der Waals surface area contributed by atoms with Crippen molar-refractivity contribution in [1.29, 1.82) is 0 Å². The van der Waals surface area contributed by atoms with Gasteiger partial charge in [0, 0.05) is 24.2 Å². The molecule has 0 unspecified atom stereocenters. The van der Waals surface area contributed by atoms with Crippen molar-refractivity contribution in [3.63, 3.8) is 0 Å². The van der Waals surface area contributed by atoms with Crippen molar-refractivity contribution in [3.05, 3.63) is 34.4 Å². The molecular formula is C11H14N2O3. The van der Waals surface area contributed by atoms with E-state index in [1.54, 1.807) is 0 Å². The quantitative estimate of drug-likeness (QED) is 0.628. The fourth-order valence-electron chi connectivity index (χ4n) is 1.25. The van der Waals surface area contributed by atoms with Crippen LogP contribution in [0.25, 0.3) is 0 Å². The predicted molar refractivity (Wildman–Crippen MR) is 61.2 cm³/mol. The first kappa shape index (κ1) is 12.2. The lowest BCUT2D eigenvalue weighted by Crippen LogP contribution is -2.13. The monoisotopic (exact) mass is 222 g/mol. The van der Waals surface area contributed by atoms with Crippen molar-refractivity contribution in [1.82, 2.24) is 0 Å². The second-order valence-corrected chi connectivity index (χ2v) is 3.95. The van der Waals surface area contributed by atoms with Crippen LogP contribution in [-0.2, 0) is 4.79 Å². The van der Waals surface area contributed by atoms with Gasteiger partial charge in [-0.15, -0.1) is 0 Å². The number of nitro benzene ring substituents is 1.